The van der Waals surface area contributed by atoms with Crippen molar-refractivity contribution in [2.75, 3.05) is 18.0 Å². The summed E-state index contributed by atoms with van der Waals surface area (Å²) in [6.45, 7) is 9.08. The molecule has 0 aromatic heterocycles. The van der Waals surface area contributed by atoms with Crippen LogP contribution in [-0.2, 0) is 11.2 Å². The lowest BCUT2D eigenvalue weighted by molar-refractivity contribution is 0.00772. The highest BCUT2D eigenvalue weighted by Gasteiger charge is 2.41. The summed E-state index contributed by atoms with van der Waals surface area (Å²) in [6, 6.07) is 5.60. The van der Waals surface area contributed by atoms with Crippen molar-refractivity contribution in [2.45, 2.75) is 51.8 Å². The topological polar surface area (TPSA) is 32.8 Å². The molecule has 2 aliphatic heterocycles. The number of amides is 1. The summed E-state index contributed by atoms with van der Waals surface area (Å²) in [7, 11) is 0. The summed E-state index contributed by atoms with van der Waals surface area (Å²) in [5, 5.41) is 0. The molecule has 1 saturated heterocycles. The van der Waals surface area contributed by atoms with Gasteiger partial charge in [-0.05, 0) is 57.9 Å². The number of hydrogen-bond donors (Lipinski definition) is 0. The number of rotatable bonds is 1. The Morgan fingerprint density at radius 1 is 1.32 bits per heavy atom. The van der Waals surface area contributed by atoms with Gasteiger partial charge in [0.05, 0.1) is 6.04 Å². The maximum absolute atomic E-state index is 13.4. The highest BCUT2D eigenvalue weighted by Crippen LogP contribution is 2.36. The van der Waals surface area contributed by atoms with Crippen LogP contribution in [-0.4, -0.2) is 41.8 Å². The van der Waals surface area contributed by atoms with E-state index in [2.05, 4.69) is 11.8 Å². The van der Waals surface area contributed by atoms with Gasteiger partial charge in [0, 0.05) is 24.8 Å². The SMILES string of the molecule is CC1Cc2cc(F)ccc2N1C1CN(C(=O)OC(C)(C)C)C1. The van der Waals surface area contributed by atoms with Crippen molar-refractivity contribution in [2.24, 2.45) is 0 Å². The Kier molecular flexibility index (Phi) is 3.54. The van der Waals surface area contributed by atoms with Crippen molar-refractivity contribution in [3.05, 3.63) is 29.6 Å². The van der Waals surface area contributed by atoms with Crippen LogP contribution in [0.15, 0.2) is 18.2 Å². The second-order valence-corrected chi connectivity index (χ2v) is 7.27. The summed E-state index contributed by atoms with van der Waals surface area (Å²) >= 11 is 0. The molecule has 0 aliphatic carbocycles. The van der Waals surface area contributed by atoms with Crippen LogP contribution < -0.4 is 4.90 Å². The molecule has 22 heavy (non-hydrogen) atoms. The van der Waals surface area contributed by atoms with Crippen molar-refractivity contribution in [1.82, 2.24) is 4.90 Å². The molecule has 3 rings (SSSR count). The molecule has 1 amide bonds. The Labute approximate surface area is 130 Å². The lowest BCUT2D eigenvalue weighted by Crippen LogP contribution is -2.63. The lowest BCUT2D eigenvalue weighted by Gasteiger charge is -2.46. The number of benzene rings is 1. The van der Waals surface area contributed by atoms with E-state index in [1.807, 2.05) is 26.8 Å². The Morgan fingerprint density at radius 2 is 2.00 bits per heavy atom. The number of ether oxygens (including phenoxy) is 1. The van der Waals surface area contributed by atoms with E-state index in [9.17, 15) is 9.18 Å². The molecule has 1 atom stereocenters. The Hall–Kier alpha value is -1.78. The zero-order valence-corrected chi connectivity index (χ0v) is 13.6. The average Bonchev–Trinajstić information content (AvgIpc) is 2.61. The van der Waals surface area contributed by atoms with Crippen molar-refractivity contribution >= 4 is 11.8 Å². The number of carbonyl (C=O) groups excluding carboxylic acids is 1. The third kappa shape index (κ3) is 2.76. The fourth-order valence-electron chi connectivity index (χ4n) is 3.29. The Balaban J connectivity index is 1.65. The van der Waals surface area contributed by atoms with Gasteiger partial charge >= 0.3 is 6.09 Å². The molecular weight excluding hydrogens is 283 g/mol. The molecule has 0 saturated carbocycles. The molecule has 1 fully saturated rings. The molecule has 0 bridgehead atoms. The van der Waals surface area contributed by atoms with Crippen LogP contribution in [0.4, 0.5) is 14.9 Å². The van der Waals surface area contributed by atoms with Gasteiger partial charge in [-0.1, -0.05) is 0 Å². The zero-order chi connectivity index (χ0) is 16.1. The van der Waals surface area contributed by atoms with Gasteiger partial charge in [0.1, 0.15) is 11.4 Å². The first-order valence-corrected chi connectivity index (χ1v) is 7.79. The highest BCUT2D eigenvalue weighted by atomic mass is 19.1. The molecule has 120 valence electrons. The fraction of sp³-hybridized carbons (Fsp3) is 0.588. The van der Waals surface area contributed by atoms with E-state index >= 15 is 0 Å². The van der Waals surface area contributed by atoms with Crippen LogP contribution in [0.3, 0.4) is 0 Å². The molecule has 1 aromatic rings. The molecule has 0 spiro atoms. The van der Waals surface area contributed by atoms with E-state index in [0.29, 0.717) is 19.1 Å². The van der Waals surface area contributed by atoms with Crippen LogP contribution in [0.25, 0.3) is 0 Å². The summed E-state index contributed by atoms with van der Waals surface area (Å²) in [5.74, 6) is -0.184. The van der Waals surface area contributed by atoms with Crippen LogP contribution in [0.5, 0.6) is 0 Å². The first-order chi connectivity index (χ1) is 10.2. The van der Waals surface area contributed by atoms with Gasteiger partial charge < -0.3 is 14.5 Å². The first kappa shape index (κ1) is 15.1. The Bertz CT molecular complexity index is 591. The number of fused-ring (bicyclic) bond motifs is 1. The number of anilines is 1. The number of nitrogens with zero attached hydrogens (tertiary/aromatic N) is 2. The smallest absolute Gasteiger partial charge is 0.410 e. The standard InChI is InChI=1S/C17H23FN2O2/c1-11-7-12-8-13(18)5-6-15(12)20(11)14-9-19(10-14)16(21)22-17(2,3)4/h5-6,8,11,14H,7,9-10H2,1-4H3. The minimum atomic E-state index is -0.465. The Morgan fingerprint density at radius 3 is 2.64 bits per heavy atom. The molecule has 0 N–H and O–H groups in total. The van der Waals surface area contributed by atoms with E-state index in [0.717, 1.165) is 17.7 Å². The van der Waals surface area contributed by atoms with Crippen molar-refractivity contribution in [3.8, 4) is 0 Å². The predicted molar refractivity (Wildman–Crippen MR) is 83.6 cm³/mol. The minimum Gasteiger partial charge on any atom is -0.444 e. The van der Waals surface area contributed by atoms with Crippen LogP contribution in [0.1, 0.15) is 33.3 Å². The maximum atomic E-state index is 13.4. The predicted octanol–water partition coefficient (Wildman–Crippen LogP) is 3.20. The minimum absolute atomic E-state index is 0.184. The summed E-state index contributed by atoms with van der Waals surface area (Å²) < 4.78 is 18.7. The number of likely N-dealkylation sites (tertiary alicyclic amines) is 1. The maximum Gasteiger partial charge on any atom is 0.410 e. The summed E-state index contributed by atoms with van der Waals surface area (Å²) in [4.78, 5) is 16.1. The van der Waals surface area contributed by atoms with E-state index in [1.54, 1.807) is 11.0 Å². The fourth-order valence-corrected chi connectivity index (χ4v) is 3.29. The number of carbonyl (C=O) groups is 1. The molecule has 5 heteroatoms. The average molecular weight is 306 g/mol. The van der Waals surface area contributed by atoms with E-state index in [4.69, 9.17) is 4.74 Å². The second kappa shape index (κ2) is 5.14. The molecular formula is C17H23FN2O2. The molecule has 0 radical (unpaired) electrons. The molecule has 2 heterocycles. The van der Waals surface area contributed by atoms with Crippen LogP contribution in [0.2, 0.25) is 0 Å². The van der Waals surface area contributed by atoms with E-state index in [1.165, 1.54) is 6.07 Å². The van der Waals surface area contributed by atoms with Crippen LogP contribution >= 0.6 is 0 Å². The van der Waals surface area contributed by atoms with Crippen LogP contribution in [0, 0.1) is 5.82 Å². The van der Waals surface area contributed by atoms with Gasteiger partial charge in [0.25, 0.3) is 0 Å². The molecule has 1 aromatic carbocycles. The third-order valence-corrected chi connectivity index (χ3v) is 4.22. The van der Waals surface area contributed by atoms with Gasteiger partial charge in [-0.25, -0.2) is 9.18 Å². The first-order valence-electron chi connectivity index (χ1n) is 7.79. The van der Waals surface area contributed by atoms with Gasteiger partial charge in [-0.15, -0.1) is 0 Å². The lowest BCUT2D eigenvalue weighted by atomic mass is 10.1. The van der Waals surface area contributed by atoms with Gasteiger partial charge in [-0.2, -0.15) is 0 Å². The van der Waals surface area contributed by atoms with Gasteiger partial charge in [0.15, 0.2) is 0 Å². The van der Waals surface area contributed by atoms with Crippen molar-refractivity contribution < 1.29 is 13.9 Å². The monoisotopic (exact) mass is 306 g/mol. The van der Waals surface area contributed by atoms with Gasteiger partial charge in [0.2, 0.25) is 0 Å². The quantitative estimate of drug-likeness (QED) is 0.799. The summed E-state index contributed by atoms with van der Waals surface area (Å²) in [6.07, 6.45) is 0.602. The largest absolute Gasteiger partial charge is 0.444 e. The van der Waals surface area contributed by atoms with Gasteiger partial charge in [-0.3, -0.25) is 0 Å². The zero-order valence-electron chi connectivity index (χ0n) is 13.6. The van der Waals surface area contributed by atoms with E-state index < -0.39 is 5.60 Å². The normalized spacial score (nSPS) is 21.6. The van der Waals surface area contributed by atoms with Crippen molar-refractivity contribution in [3.63, 3.8) is 0 Å². The second-order valence-electron chi connectivity index (χ2n) is 7.27. The summed E-state index contributed by atoms with van der Waals surface area (Å²) in [5.41, 5.74) is 1.69. The highest BCUT2D eigenvalue weighted by molar-refractivity contribution is 5.70. The molecule has 1 unspecified atom stereocenters. The number of halogens is 1. The molecule has 2 aliphatic rings. The van der Waals surface area contributed by atoms with Crippen molar-refractivity contribution in [1.29, 1.82) is 0 Å². The van der Waals surface area contributed by atoms with E-state index in [-0.39, 0.29) is 18.0 Å². The third-order valence-electron chi connectivity index (χ3n) is 4.22. The molecule has 4 nitrogen and oxygen atoms in total. The number of hydrogen-bond acceptors (Lipinski definition) is 3.